The molecule has 0 fully saturated rings. The third-order valence-electron chi connectivity index (χ3n) is 3.04. The molecule has 0 amide bonds. The predicted octanol–water partition coefficient (Wildman–Crippen LogP) is 5.48. The quantitative estimate of drug-likeness (QED) is 0.228. The van der Waals surface area contributed by atoms with Crippen molar-refractivity contribution in [2.75, 3.05) is 0 Å². The van der Waals surface area contributed by atoms with Crippen LogP contribution in [0.15, 0.2) is 12.2 Å². The van der Waals surface area contributed by atoms with Gasteiger partial charge in [0, 0.05) is 12.2 Å². The zero-order valence-corrected chi connectivity index (χ0v) is 14.6. The van der Waals surface area contributed by atoms with Crippen LogP contribution in [-0.2, 0) is 19.1 Å². The van der Waals surface area contributed by atoms with Gasteiger partial charge in [-0.3, -0.25) is 0 Å². The van der Waals surface area contributed by atoms with Crippen molar-refractivity contribution in [2.45, 2.75) is 48.3 Å². The Bertz CT molecular complexity index is 739. The maximum absolute atomic E-state index is 12.9. The maximum atomic E-state index is 12.9. The highest BCUT2D eigenvalue weighted by molar-refractivity contribution is 5.91. The Hall–Kier alpha value is -2.58. The number of halogens is 18. The van der Waals surface area contributed by atoms with E-state index in [1.807, 2.05) is 0 Å². The lowest BCUT2D eigenvalue weighted by molar-refractivity contribution is -0.434. The third kappa shape index (κ3) is 5.39. The molecule has 34 heavy (non-hydrogen) atoms. The van der Waals surface area contributed by atoms with E-state index in [0.717, 1.165) is 0 Å². The highest BCUT2D eigenvalue weighted by Crippen LogP contribution is 2.54. The molecule has 0 radical (unpaired) electrons. The van der Waals surface area contributed by atoms with Gasteiger partial charge >= 0.3 is 60.2 Å². The van der Waals surface area contributed by atoms with Gasteiger partial charge in [0.05, 0.1) is 0 Å². The standard InChI is InChI=1S/C12H2F18O4/c13-5(14,9(21,22)23)7(17,18)11(27,28)33-3(31)1-2-4(32)34-12(29,30)8(19,20)6(15,16)10(24,25)26/h1-2H/b2-1-. The lowest BCUT2D eigenvalue weighted by atomic mass is 10.1. The van der Waals surface area contributed by atoms with Crippen LogP contribution in [-0.4, -0.2) is 60.2 Å². The monoisotopic (exact) mass is 552 g/mol. The van der Waals surface area contributed by atoms with E-state index in [9.17, 15) is 88.6 Å². The summed E-state index contributed by atoms with van der Waals surface area (Å²) in [6.07, 6.45) is -31.1. The van der Waals surface area contributed by atoms with E-state index in [2.05, 4.69) is 9.47 Å². The lowest BCUT2D eigenvalue weighted by Crippen LogP contribution is -2.62. The Kier molecular flexibility index (Phi) is 7.92. The summed E-state index contributed by atoms with van der Waals surface area (Å²) in [7, 11) is 0. The zero-order chi connectivity index (χ0) is 28.0. The van der Waals surface area contributed by atoms with Crippen LogP contribution in [0.1, 0.15) is 0 Å². The Morgan fingerprint density at radius 2 is 0.618 bits per heavy atom. The molecule has 0 heterocycles. The minimum Gasteiger partial charge on any atom is -0.393 e. The molecule has 0 rings (SSSR count). The molecule has 0 saturated carbocycles. The average molecular weight is 552 g/mol. The fourth-order valence-electron chi connectivity index (χ4n) is 1.31. The van der Waals surface area contributed by atoms with Crippen molar-refractivity contribution in [2.24, 2.45) is 0 Å². The number of alkyl halides is 18. The van der Waals surface area contributed by atoms with E-state index in [1.165, 1.54) is 0 Å². The summed E-state index contributed by atoms with van der Waals surface area (Å²) in [6.45, 7) is 0. The van der Waals surface area contributed by atoms with Crippen LogP contribution in [0.4, 0.5) is 79.0 Å². The first-order valence-electron chi connectivity index (χ1n) is 7.04. The van der Waals surface area contributed by atoms with Crippen LogP contribution in [0.3, 0.4) is 0 Å². The predicted molar refractivity (Wildman–Crippen MR) is 63.1 cm³/mol. The molecule has 4 nitrogen and oxygen atoms in total. The average Bonchev–Trinajstić information content (AvgIpc) is 2.56. The van der Waals surface area contributed by atoms with Crippen LogP contribution >= 0.6 is 0 Å². The summed E-state index contributed by atoms with van der Waals surface area (Å²) < 4.78 is 229. The molecule has 200 valence electrons. The van der Waals surface area contributed by atoms with E-state index in [1.54, 1.807) is 0 Å². The second-order valence-corrected chi connectivity index (χ2v) is 5.50. The van der Waals surface area contributed by atoms with Gasteiger partial charge in [0.2, 0.25) is 0 Å². The van der Waals surface area contributed by atoms with E-state index in [0.29, 0.717) is 0 Å². The van der Waals surface area contributed by atoms with Crippen LogP contribution in [0.25, 0.3) is 0 Å². The van der Waals surface area contributed by atoms with Crippen molar-refractivity contribution in [1.29, 1.82) is 0 Å². The molecular formula is C12H2F18O4. The summed E-state index contributed by atoms with van der Waals surface area (Å²) in [5.41, 5.74) is 0. The first-order valence-corrected chi connectivity index (χ1v) is 7.04. The third-order valence-corrected chi connectivity index (χ3v) is 3.04. The van der Waals surface area contributed by atoms with Crippen LogP contribution in [0.2, 0.25) is 0 Å². The number of esters is 2. The summed E-state index contributed by atoms with van der Waals surface area (Å²) in [6, 6.07) is 0. The van der Waals surface area contributed by atoms with Crippen molar-refractivity contribution in [3.8, 4) is 0 Å². The highest BCUT2D eigenvalue weighted by atomic mass is 19.4. The van der Waals surface area contributed by atoms with E-state index in [-0.39, 0.29) is 0 Å². The molecule has 0 atom stereocenters. The van der Waals surface area contributed by atoms with Crippen LogP contribution < -0.4 is 0 Å². The molecule has 0 bridgehead atoms. The van der Waals surface area contributed by atoms with Gasteiger partial charge in [-0.25, -0.2) is 9.59 Å². The Morgan fingerprint density at radius 1 is 0.412 bits per heavy atom. The molecule has 0 aliphatic rings. The van der Waals surface area contributed by atoms with Crippen LogP contribution in [0.5, 0.6) is 0 Å². The molecule has 0 spiro atoms. The molecule has 0 aliphatic carbocycles. The number of ether oxygens (including phenoxy) is 2. The molecule has 0 aromatic heterocycles. The largest absolute Gasteiger partial charge is 0.473 e. The SMILES string of the molecule is O=C(/C=C\C(=O)OC(F)(F)C(F)(F)C(F)(F)C(F)(F)F)OC(F)(F)C(F)(F)C(F)(F)C(F)(F)F. The Labute approximate surface area is 172 Å². The highest BCUT2D eigenvalue weighted by Gasteiger charge is 2.85. The second kappa shape index (κ2) is 8.57. The molecule has 0 saturated heterocycles. The summed E-state index contributed by atoms with van der Waals surface area (Å²) in [5.74, 6) is -36.7. The number of hydrogen-bond acceptors (Lipinski definition) is 4. The molecule has 0 aromatic rings. The molecule has 0 unspecified atom stereocenters. The maximum Gasteiger partial charge on any atom is 0.473 e. The van der Waals surface area contributed by atoms with Crippen molar-refractivity contribution in [3.05, 3.63) is 12.2 Å². The fraction of sp³-hybridized carbons (Fsp3) is 0.667. The van der Waals surface area contributed by atoms with Gasteiger partial charge in [0.25, 0.3) is 0 Å². The molecular weight excluding hydrogens is 550 g/mol. The number of rotatable bonds is 8. The first kappa shape index (κ1) is 31.4. The van der Waals surface area contributed by atoms with Crippen molar-refractivity contribution in [3.63, 3.8) is 0 Å². The van der Waals surface area contributed by atoms with Crippen LogP contribution in [0, 0.1) is 0 Å². The van der Waals surface area contributed by atoms with Gasteiger partial charge in [-0.2, -0.15) is 79.0 Å². The number of carbonyl (C=O) groups is 2. The normalized spacial score (nSPS) is 15.5. The number of hydrogen-bond donors (Lipinski definition) is 0. The zero-order valence-electron chi connectivity index (χ0n) is 14.6. The van der Waals surface area contributed by atoms with Gasteiger partial charge in [-0.15, -0.1) is 0 Å². The minimum absolute atomic E-state index is 1.14. The Morgan fingerprint density at radius 3 is 0.794 bits per heavy atom. The van der Waals surface area contributed by atoms with E-state index < -0.39 is 72.4 Å². The summed E-state index contributed by atoms with van der Waals surface area (Å²) >= 11 is 0. The van der Waals surface area contributed by atoms with E-state index in [4.69, 9.17) is 0 Å². The minimum atomic E-state index is -7.57. The second-order valence-electron chi connectivity index (χ2n) is 5.50. The summed E-state index contributed by atoms with van der Waals surface area (Å²) in [5, 5.41) is 0. The van der Waals surface area contributed by atoms with Crippen molar-refractivity contribution in [1.82, 2.24) is 0 Å². The first-order chi connectivity index (χ1) is 14.5. The van der Waals surface area contributed by atoms with Gasteiger partial charge in [-0.05, 0) is 0 Å². The summed E-state index contributed by atoms with van der Waals surface area (Å²) in [4.78, 5) is 21.6. The topological polar surface area (TPSA) is 52.6 Å². The smallest absolute Gasteiger partial charge is 0.393 e. The molecule has 0 N–H and O–H groups in total. The fourth-order valence-corrected chi connectivity index (χ4v) is 1.31. The molecule has 22 heteroatoms. The van der Waals surface area contributed by atoms with Gasteiger partial charge < -0.3 is 9.47 Å². The van der Waals surface area contributed by atoms with Gasteiger partial charge in [-0.1, -0.05) is 0 Å². The van der Waals surface area contributed by atoms with Gasteiger partial charge in [0.1, 0.15) is 0 Å². The molecule has 0 aliphatic heterocycles. The van der Waals surface area contributed by atoms with Crippen molar-refractivity contribution >= 4 is 11.9 Å². The number of carbonyl (C=O) groups excluding carboxylic acids is 2. The van der Waals surface area contributed by atoms with Crippen molar-refractivity contribution < 1.29 is 98.1 Å². The van der Waals surface area contributed by atoms with E-state index >= 15 is 0 Å². The van der Waals surface area contributed by atoms with Gasteiger partial charge in [0.15, 0.2) is 0 Å². The lowest BCUT2D eigenvalue weighted by Gasteiger charge is -2.32. The Balaban J connectivity index is 5.61. The molecule has 0 aromatic carbocycles.